The topological polar surface area (TPSA) is 32.3 Å². The Kier molecular flexibility index (Phi) is 5.25. The van der Waals surface area contributed by atoms with E-state index >= 15 is 0 Å². The number of aromatic nitrogens is 2. The van der Waals surface area contributed by atoms with E-state index in [1.54, 1.807) is 0 Å². The Morgan fingerprint density at radius 3 is 2.29 bits per heavy atom. The third-order valence-corrected chi connectivity index (χ3v) is 4.08. The van der Waals surface area contributed by atoms with Gasteiger partial charge in [-0.05, 0) is 21.8 Å². The van der Waals surface area contributed by atoms with Crippen LogP contribution in [0, 0.1) is 5.92 Å². The number of hydrogen-bond acceptors (Lipinski definition) is 4. The fraction of sp³-hybridized carbons (Fsp3) is 0.750. The van der Waals surface area contributed by atoms with Crippen molar-refractivity contribution in [3.8, 4) is 0 Å². The maximum atomic E-state index is 4.78. The molecule has 2 rings (SSSR count). The lowest BCUT2D eigenvalue weighted by Crippen LogP contribution is -2.47. The molecule has 21 heavy (non-hydrogen) atoms. The first-order valence-corrected chi connectivity index (χ1v) is 8.57. The van der Waals surface area contributed by atoms with E-state index < -0.39 is 0 Å². The molecule has 1 saturated heterocycles. The van der Waals surface area contributed by atoms with Gasteiger partial charge in [0.15, 0.2) is 0 Å². The summed E-state index contributed by atoms with van der Waals surface area (Å²) in [5, 5.41) is 0. The molecule has 0 N–H and O–H groups in total. The van der Waals surface area contributed by atoms with Gasteiger partial charge in [-0.3, -0.25) is 4.90 Å². The molecule has 0 aromatic carbocycles. The lowest BCUT2D eigenvalue weighted by atomic mass is 9.96. The molecule has 1 fully saturated rings. The SMILES string of the molecule is CC(C)CN1CCN(c2cc(Br)nc(C(C)(C)C)n2)CC1. The second-order valence-corrected chi connectivity index (χ2v) is 8.12. The molecule has 1 aromatic heterocycles. The summed E-state index contributed by atoms with van der Waals surface area (Å²) in [7, 11) is 0. The first kappa shape index (κ1) is 16.7. The quantitative estimate of drug-likeness (QED) is 0.779. The van der Waals surface area contributed by atoms with Crippen molar-refractivity contribution < 1.29 is 0 Å². The predicted molar refractivity (Wildman–Crippen MR) is 91.9 cm³/mol. The van der Waals surface area contributed by atoms with E-state index in [1.807, 2.05) is 6.07 Å². The van der Waals surface area contributed by atoms with Crippen molar-refractivity contribution in [1.82, 2.24) is 14.9 Å². The Bertz CT molecular complexity index is 474. The molecule has 118 valence electrons. The average Bonchev–Trinajstić information content (AvgIpc) is 2.37. The third-order valence-electron chi connectivity index (χ3n) is 3.67. The van der Waals surface area contributed by atoms with Crippen LogP contribution in [-0.4, -0.2) is 47.6 Å². The zero-order chi connectivity index (χ0) is 15.6. The van der Waals surface area contributed by atoms with Crippen LogP contribution in [0.5, 0.6) is 0 Å². The minimum absolute atomic E-state index is 0.0298. The van der Waals surface area contributed by atoms with Gasteiger partial charge < -0.3 is 4.90 Å². The van der Waals surface area contributed by atoms with E-state index in [9.17, 15) is 0 Å². The Morgan fingerprint density at radius 2 is 1.76 bits per heavy atom. The van der Waals surface area contributed by atoms with Gasteiger partial charge in [0.05, 0.1) is 0 Å². The third kappa shape index (κ3) is 4.65. The Hall–Kier alpha value is -0.680. The molecular formula is C16H27BrN4. The van der Waals surface area contributed by atoms with Gasteiger partial charge in [-0.1, -0.05) is 34.6 Å². The summed E-state index contributed by atoms with van der Waals surface area (Å²) in [6.07, 6.45) is 0. The van der Waals surface area contributed by atoms with Gasteiger partial charge in [-0.2, -0.15) is 0 Å². The number of anilines is 1. The zero-order valence-corrected chi connectivity index (χ0v) is 15.4. The van der Waals surface area contributed by atoms with Crippen molar-refractivity contribution in [2.24, 2.45) is 5.92 Å². The number of nitrogens with zero attached hydrogens (tertiary/aromatic N) is 4. The van der Waals surface area contributed by atoms with Gasteiger partial charge in [0, 0.05) is 44.2 Å². The number of halogens is 1. The number of hydrogen-bond donors (Lipinski definition) is 0. The van der Waals surface area contributed by atoms with Crippen molar-refractivity contribution >= 4 is 21.7 Å². The van der Waals surface area contributed by atoms with Crippen LogP contribution >= 0.6 is 15.9 Å². The highest BCUT2D eigenvalue weighted by atomic mass is 79.9. The molecule has 0 amide bonds. The highest BCUT2D eigenvalue weighted by molar-refractivity contribution is 9.10. The average molecular weight is 355 g/mol. The zero-order valence-electron chi connectivity index (χ0n) is 13.9. The van der Waals surface area contributed by atoms with E-state index in [4.69, 9.17) is 4.98 Å². The molecule has 5 heteroatoms. The Labute approximate surface area is 137 Å². The monoisotopic (exact) mass is 354 g/mol. The smallest absolute Gasteiger partial charge is 0.137 e. The van der Waals surface area contributed by atoms with Crippen LogP contribution in [0.1, 0.15) is 40.4 Å². The van der Waals surface area contributed by atoms with E-state index in [0.29, 0.717) is 0 Å². The molecule has 1 aliphatic rings. The standard InChI is InChI=1S/C16H27BrN4/c1-12(2)11-20-6-8-21(9-7-20)14-10-13(17)18-15(19-14)16(3,4)5/h10,12H,6-9,11H2,1-5H3. The van der Waals surface area contributed by atoms with Gasteiger partial charge in [0.2, 0.25) is 0 Å². The molecule has 2 heterocycles. The molecule has 0 aliphatic carbocycles. The van der Waals surface area contributed by atoms with Crippen molar-refractivity contribution in [2.45, 2.75) is 40.0 Å². The molecule has 0 atom stereocenters. The lowest BCUT2D eigenvalue weighted by molar-refractivity contribution is 0.231. The van der Waals surface area contributed by atoms with Gasteiger partial charge in [-0.15, -0.1) is 0 Å². The number of rotatable bonds is 3. The fourth-order valence-corrected chi connectivity index (χ4v) is 2.95. The van der Waals surface area contributed by atoms with Crippen molar-refractivity contribution in [2.75, 3.05) is 37.6 Å². The molecule has 0 saturated carbocycles. The van der Waals surface area contributed by atoms with Crippen LogP contribution in [-0.2, 0) is 5.41 Å². The summed E-state index contributed by atoms with van der Waals surface area (Å²) in [4.78, 5) is 14.2. The minimum atomic E-state index is -0.0298. The highest BCUT2D eigenvalue weighted by Gasteiger charge is 2.23. The molecule has 1 aromatic rings. The highest BCUT2D eigenvalue weighted by Crippen LogP contribution is 2.25. The van der Waals surface area contributed by atoms with Gasteiger partial charge >= 0.3 is 0 Å². The Balaban J connectivity index is 2.08. The summed E-state index contributed by atoms with van der Waals surface area (Å²) in [6.45, 7) is 16.5. The van der Waals surface area contributed by atoms with E-state index in [0.717, 1.165) is 48.3 Å². The first-order valence-electron chi connectivity index (χ1n) is 7.78. The van der Waals surface area contributed by atoms with Gasteiger partial charge in [0.25, 0.3) is 0 Å². The second kappa shape index (κ2) is 6.61. The maximum absolute atomic E-state index is 4.78. The largest absolute Gasteiger partial charge is 0.354 e. The van der Waals surface area contributed by atoms with E-state index in [2.05, 4.69) is 65.3 Å². The van der Waals surface area contributed by atoms with Crippen LogP contribution in [0.2, 0.25) is 0 Å². The summed E-state index contributed by atoms with van der Waals surface area (Å²) >= 11 is 3.53. The predicted octanol–water partition coefficient (Wildman–Crippen LogP) is 3.31. The van der Waals surface area contributed by atoms with Crippen LogP contribution < -0.4 is 4.90 Å². The first-order chi connectivity index (χ1) is 9.75. The van der Waals surface area contributed by atoms with Crippen LogP contribution in [0.15, 0.2) is 10.7 Å². The normalized spacial score (nSPS) is 17.6. The van der Waals surface area contributed by atoms with Gasteiger partial charge in [-0.25, -0.2) is 9.97 Å². The van der Waals surface area contributed by atoms with Crippen LogP contribution in [0.25, 0.3) is 0 Å². The second-order valence-electron chi connectivity index (χ2n) is 7.30. The molecule has 4 nitrogen and oxygen atoms in total. The van der Waals surface area contributed by atoms with Crippen molar-refractivity contribution in [1.29, 1.82) is 0 Å². The Morgan fingerprint density at radius 1 is 1.14 bits per heavy atom. The molecule has 0 radical (unpaired) electrons. The van der Waals surface area contributed by atoms with Crippen molar-refractivity contribution in [3.63, 3.8) is 0 Å². The maximum Gasteiger partial charge on any atom is 0.137 e. The summed E-state index contributed by atoms with van der Waals surface area (Å²) < 4.78 is 0.877. The molecule has 0 spiro atoms. The van der Waals surface area contributed by atoms with Gasteiger partial charge in [0.1, 0.15) is 16.2 Å². The molecular weight excluding hydrogens is 328 g/mol. The minimum Gasteiger partial charge on any atom is -0.354 e. The van der Waals surface area contributed by atoms with E-state index in [-0.39, 0.29) is 5.41 Å². The van der Waals surface area contributed by atoms with Crippen LogP contribution in [0.3, 0.4) is 0 Å². The molecule has 1 aliphatic heterocycles. The van der Waals surface area contributed by atoms with E-state index in [1.165, 1.54) is 6.54 Å². The van der Waals surface area contributed by atoms with Crippen molar-refractivity contribution in [3.05, 3.63) is 16.5 Å². The lowest BCUT2D eigenvalue weighted by Gasteiger charge is -2.36. The van der Waals surface area contributed by atoms with Crippen LogP contribution in [0.4, 0.5) is 5.82 Å². The number of piperazine rings is 1. The molecule has 0 unspecified atom stereocenters. The summed E-state index contributed by atoms with van der Waals surface area (Å²) in [5.41, 5.74) is -0.0298. The molecule has 0 bridgehead atoms. The summed E-state index contributed by atoms with van der Waals surface area (Å²) in [6, 6.07) is 2.04. The summed E-state index contributed by atoms with van der Waals surface area (Å²) in [5.74, 6) is 2.68. The fourth-order valence-electron chi connectivity index (χ4n) is 2.58.